The van der Waals surface area contributed by atoms with E-state index in [0.29, 0.717) is 23.7 Å². The molecule has 0 unspecified atom stereocenters. The van der Waals surface area contributed by atoms with E-state index in [1.807, 2.05) is 0 Å². The number of nitrogen functional groups attached to an aromatic ring is 2. The van der Waals surface area contributed by atoms with Gasteiger partial charge in [-0.1, -0.05) is 79.7 Å². The van der Waals surface area contributed by atoms with Crippen LogP contribution in [0.4, 0.5) is 11.4 Å². The second kappa shape index (κ2) is 14.0. The highest BCUT2D eigenvalue weighted by atomic mass is 14.6. The van der Waals surface area contributed by atoms with Gasteiger partial charge in [0.25, 0.3) is 0 Å². The largest absolute Gasteiger partial charge is 0.398 e. The molecular formula is C33H54N2. The van der Waals surface area contributed by atoms with Crippen molar-refractivity contribution in [1.82, 2.24) is 0 Å². The van der Waals surface area contributed by atoms with Gasteiger partial charge in [-0.15, -0.1) is 0 Å². The number of hydrogen-bond donors (Lipinski definition) is 2. The molecule has 0 aliphatic rings. The maximum Gasteiger partial charge on any atom is 0.0385 e. The van der Waals surface area contributed by atoms with E-state index in [4.69, 9.17) is 11.5 Å². The topological polar surface area (TPSA) is 52.0 Å². The standard InChI is InChI=1S/C33H54N2/c1-9-24(10-2)28-18-22(19-29(32(28)34)25(11-3)12-4)17-23-20-30(26(13-5)14-6)33(35)31(21-23)27(15-7)16-8/h18-21,24-27H,9-17,34-35H2,1-8H3. The van der Waals surface area contributed by atoms with Crippen LogP contribution >= 0.6 is 0 Å². The maximum atomic E-state index is 6.85. The Balaban J connectivity index is 2.70. The molecule has 2 heteroatoms. The minimum Gasteiger partial charge on any atom is -0.398 e. The fourth-order valence-electron chi connectivity index (χ4n) is 6.23. The van der Waals surface area contributed by atoms with Crippen LogP contribution in [0.1, 0.15) is 164 Å². The first-order chi connectivity index (χ1) is 16.8. The van der Waals surface area contributed by atoms with Gasteiger partial charge in [-0.2, -0.15) is 0 Å². The lowest BCUT2D eigenvalue weighted by atomic mass is 9.81. The van der Waals surface area contributed by atoms with Crippen molar-refractivity contribution in [3.8, 4) is 0 Å². The van der Waals surface area contributed by atoms with E-state index in [2.05, 4.69) is 79.7 Å². The zero-order valence-electron chi connectivity index (χ0n) is 24.1. The smallest absolute Gasteiger partial charge is 0.0385 e. The lowest BCUT2D eigenvalue weighted by Gasteiger charge is -2.25. The highest BCUT2D eigenvalue weighted by molar-refractivity contribution is 5.61. The van der Waals surface area contributed by atoms with E-state index in [1.54, 1.807) is 0 Å². The summed E-state index contributed by atoms with van der Waals surface area (Å²) in [4.78, 5) is 0. The number of nitrogens with two attached hydrogens (primary N) is 2. The van der Waals surface area contributed by atoms with Gasteiger partial charge in [-0.3, -0.25) is 0 Å². The molecule has 2 rings (SSSR count). The fourth-order valence-corrected chi connectivity index (χ4v) is 6.23. The molecule has 0 radical (unpaired) electrons. The lowest BCUT2D eigenvalue weighted by molar-refractivity contribution is 0.624. The molecule has 2 nitrogen and oxygen atoms in total. The molecule has 0 aliphatic carbocycles. The summed E-state index contributed by atoms with van der Waals surface area (Å²) >= 11 is 0. The average molecular weight is 479 g/mol. The molecule has 0 saturated carbocycles. The summed E-state index contributed by atoms with van der Waals surface area (Å²) in [6.07, 6.45) is 9.99. The van der Waals surface area contributed by atoms with Gasteiger partial charge in [0, 0.05) is 11.4 Å². The van der Waals surface area contributed by atoms with Crippen LogP contribution in [0.25, 0.3) is 0 Å². The van der Waals surface area contributed by atoms with Gasteiger partial charge in [0.1, 0.15) is 0 Å². The second-order valence-corrected chi connectivity index (χ2v) is 10.6. The van der Waals surface area contributed by atoms with Gasteiger partial charge in [0.15, 0.2) is 0 Å². The van der Waals surface area contributed by atoms with Crippen LogP contribution in [0.3, 0.4) is 0 Å². The maximum absolute atomic E-state index is 6.85. The zero-order valence-corrected chi connectivity index (χ0v) is 24.1. The normalized spacial score (nSPS) is 12.0. The fraction of sp³-hybridized carbons (Fsp3) is 0.636. The number of anilines is 2. The Morgan fingerprint density at radius 1 is 0.429 bits per heavy atom. The van der Waals surface area contributed by atoms with Crippen molar-refractivity contribution in [2.45, 2.75) is 137 Å². The van der Waals surface area contributed by atoms with Gasteiger partial charge in [0.05, 0.1) is 0 Å². The monoisotopic (exact) mass is 478 g/mol. The highest BCUT2D eigenvalue weighted by Gasteiger charge is 2.22. The molecule has 2 aromatic carbocycles. The molecule has 196 valence electrons. The zero-order chi connectivity index (χ0) is 26.1. The van der Waals surface area contributed by atoms with Gasteiger partial charge in [0.2, 0.25) is 0 Å². The summed E-state index contributed by atoms with van der Waals surface area (Å²) in [5.74, 6) is 2.09. The molecular weight excluding hydrogens is 424 g/mol. The first-order valence-corrected chi connectivity index (χ1v) is 14.7. The Morgan fingerprint density at radius 2 is 0.629 bits per heavy atom. The van der Waals surface area contributed by atoms with Crippen molar-refractivity contribution in [3.63, 3.8) is 0 Å². The van der Waals surface area contributed by atoms with Crippen molar-refractivity contribution in [1.29, 1.82) is 0 Å². The van der Waals surface area contributed by atoms with Crippen molar-refractivity contribution < 1.29 is 0 Å². The van der Waals surface area contributed by atoms with Crippen LogP contribution in [-0.2, 0) is 6.42 Å². The molecule has 0 heterocycles. The molecule has 0 saturated heterocycles. The predicted octanol–water partition coefficient (Wildman–Crippen LogP) is 10.1. The molecule has 0 aromatic heterocycles. The minimum atomic E-state index is 0.523. The summed E-state index contributed by atoms with van der Waals surface area (Å²) in [7, 11) is 0. The summed E-state index contributed by atoms with van der Waals surface area (Å²) in [6.45, 7) is 18.3. The van der Waals surface area contributed by atoms with E-state index in [0.717, 1.165) is 69.2 Å². The molecule has 0 fully saturated rings. The summed E-state index contributed by atoms with van der Waals surface area (Å²) in [6, 6.07) is 9.68. The molecule has 0 atom stereocenters. The summed E-state index contributed by atoms with van der Waals surface area (Å²) in [5.41, 5.74) is 24.1. The molecule has 2 aromatic rings. The van der Waals surface area contributed by atoms with Crippen molar-refractivity contribution >= 4 is 11.4 Å². The third kappa shape index (κ3) is 6.63. The Bertz CT molecular complexity index is 771. The Labute approximate surface area is 217 Å². The van der Waals surface area contributed by atoms with Gasteiger partial charge in [-0.25, -0.2) is 0 Å². The van der Waals surface area contributed by atoms with Crippen molar-refractivity contribution in [2.75, 3.05) is 11.5 Å². The highest BCUT2D eigenvalue weighted by Crippen LogP contribution is 2.40. The van der Waals surface area contributed by atoms with Crippen LogP contribution in [0.2, 0.25) is 0 Å². The van der Waals surface area contributed by atoms with Gasteiger partial charge >= 0.3 is 0 Å². The van der Waals surface area contributed by atoms with E-state index < -0.39 is 0 Å². The van der Waals surface area contributed by atoms with Crippen LogP contribution in [-0.4, -0.2) is 0 Å². The second-order valence-electron chi connectivity index (χ2n) is 10.6. The van der Waals surface area contributed by atoms with Crippen molar-refractivity contribution in [2.24, 2.45) is 0 Å². The molecule has 0 amide bonds. The Hall–Kier alpha value is -1.96. The van der Waals surface area contributed by atoms with Crippen LogP contribution in [0, 0.1) is 0 Å². The lowest BCUT2D eigenvalue weighted by Crippen LogP contribution is -2.11. The third-order valence-electron chi connectivity index (χ3n) is 8.72. The van der Waals surface area contributed by atoms with Gasteiger partial charge < -0.3 is 11.5 Å². The predicted molar refractivity (Wildman–Crippen MR) is 158 cm³/mol. The minimum absolute atomic E-state index is 0.523. The quantitative estimate of drug-likeness (QED) is 0.265. The molecule has 0 spiro atoms. The summed E-state index contributed by atoms with van der Waals surface area (Å²) < 4.78 is 0. The van der Waals surface area contributed by atoms with Gasteiger partial charge in [-0.05, 0) is 115 Å². The number of benzene rings is 2. The Morgan fingerprint density at radius 3 is 0.800 bits per heavy atom. The number of hydrogen-bond acceptors (Lipinski definition) is 2. The van der Waals surface area contributed by atoms with Crippen LogP contribution in [0.5, 0.6) is 0 Å². The van der Waals surface area contributed by atoms with Crippen LogP contribution in [0.15, 0.2) is 24.3 Å². The molecule has 35 heavy (non-hydrogen) atoms. The molecule has 0 aliphatic heterocycles. The first-order valence-electron chi connectivity index (χ1n) is 14.7. The first kappa shape index (κ1) is 29.3. The molecule has 4 N–H and O–H groups in total. The summed E-state index contributed by atoms with van der Waals surface area (Å²) in [5, 5.41) is 0. The third-order valence-corrected chi connectivity index (χ3v) is 8.72. The average Bonchev–Trinajstić information content (AvgIpc) is 2.86. The number of rotatable bonds is 14. The molecule has 0 bridgehead atoms. The SMILES string of the molecule is CCC(CC)c1cc(Cc2cc(C(CC)CC)c(N)c(C(CC)CC)c2)cc(C(CC)CC)c1N. The van der Waals surface area contributed by atoms with E-state index >= 15 is 0 Å². The van der Waals surface area contributed by atoms with E-state index in [1.165, 1.54) is 33.4 Å². The van der Waals surface area contributed by atoms with Crippen LogP contribution < -0.4 is 11.5 Å². The Kier molecular flexibility index (Phi) is 11.7. The van der Waals surface area contributed by atoms with E-state index in [-0.39, 0.29) is 0 Å². The van der Waals surface area contributed by atoms with E-state index in [9.17, 15) is 0 Å². The van der Waals surface area contributed by atoms with Crippen molar-refractivity contribution in [3.05, 3.63) is 57.6 Å².